The van der Waals surface area contributed by atoms with Crippen LogP contribution >= 0.6 is 0 Å². The molecule has 112 valence electrons. The molecule has 3 rings (SSSR count). The molecule has 1 aliphatic rings. The minimum absolute atomic E-state index is 0.127. The fourth-order valence-corrected chi connectivity index (χ4v) is 3.30. The van der Waals surface area contributed by atoms with Gasteiger partial charge >= 0.3 is 0 Å². The van der Waals surface area contributed by atoms with Crippen molar-refractivity contribution in [3.05, 3.63) is 23.8 Å². The summed E-state index contributed by atoms with van der Waals surface area (Å²) in [4.78, 5) is 14.1. The van der Waals surface area contributed by atoms with Gasteiger partial charge in [0.25, 0.3) is 5.91 Å². The minimum atomic E-state index is -3.25. The van der Waals surface area contributed by atoms with Crippen molar-refractivity contribution in [2.75, 3.05) is 19.3 Å². The zero-order chi connectivity index (χ0) is 15.0. The van der Waals surface area contributed by atoms with Crippen LogP contribution in [0.3, 0.4) is 0 Å². The largest absolute Gasteiger partial charge is 0.337 e. The van der Waals surface area contributed by atoms with Crippen LogP contribution in [0.4, 0.5) is 0 Å². The number of hydrogen-bond acceptors (Lipinski definition) is 5. The van der Waals surface area contributed by atoms with Crippen LogP contribution in [0.1, 0.15) is 16.8 Å². The van der Waals surface area contributed by atoms with E-state index in [-0.39, 0.29) is 11.9 Å². The first kappa shape index (κ1) is 14.0. The van der Waals surface area contributed by atoms with Gasteiger partial charge in [-0.15, -0.1) is 0 Å². The molecule has 1 aromatic carbocycles. The molecule has 0 bridgehead atoms. The lowest BCUT2D eigenvalue weighted by Gasteiger charge is -2.16. The molecule has 2 aromatic rings. The third kappa shape index (κ3) is 3.03. The van der Waals surface area contributed by atoms with Crippen LogP contribution in [0.5, 0.6) is 0 Å². The van der Waals surface area contributed by atoms with Crippen molar-refractivity contribution in [2.24, 2.45) is 0 Å². The molecule has 1 fully saturated rings. The van der Waals surface area contributed by atoms with Crippen LogP contribution in [0.15, 0.2) is 18.2 Å². The van der Waals surface area contributed by atoms with Gasteiger partial charge in [0.15, 0.2) is 0 Å². The predicted molar refractivity (Wildman–Crippen MR) is 76.2 cm³/mol. The van der Waals surface area contributed by atoms with E-state index in [9.17, 15) is 13.2 Å². The number of carbonyl (C=O) groups is 1. The van der Waals surface area contributed by atoms with Gasteiger partial charge in [-0.25, -0.2) is 13.1 Å². The molecular weight excluding hydrogens is 294 g/mol. The molecule has 2 N–H and O–H groups in total. The number of H-pyrrole nitrogens is 1. The summed E-state index contributed by atoms with van der Waals surface area (Å²) in [6.07, 6.45) is 1.74. The second-order valence-electron chi connectivity index (χ2n) is 5.15. The van der Waals surface area contributed by atoms with Gasteiger partial charge < -0.3 is 4.90 Å². The van der Waals surface area contributed by atoms with E-state index in [1.165, 1.54) is 0 Å². The molecule has 1 saturated heterocycles. The minimum Gasteiger partial charge on any atom is -0.337 e. The van der Waals surface area contributed by atoms with E-state index in [0.717, 1.165) is 6.26 Å². The summed E-state index contributed by atoms with van der Waals surface area (Å²) in [6, 6.07) is 4.89. The number of aromatic nitrogens is 3. The monoisotopic (exact) mass is 309 g/mol. The van der Waals surface area contributed by atoms with Gasteiger partial charge in [0.05, 0.1) is 6.26 Å². The summed E-state index contributed by atoms with van der Waals surface area (Å²) in [5.74, 6) is -0.127. The van der Waals surface area contributed by atoms with Crippen LogP contribution < -0.4 is 4.72 Å². The molecule has 0 radical (unpaired) electrons. The van der Waals surface area contributed by atoms with E-state index in [1.807, 2.05) is 0 Å². The Kier molecular flexibility index (Phi) is 3.38. The first-order valence-corrected chi connectivity index (χ1v) is 8.38. The van der Waals surface area contributed by atoms with Gasteiger partial charge in [0, 0.05) is 24.7 Å². The van der Waals surface area contributed by atoms with E-state index in [4.69, 9.17) is 0 Å². The summed E-state index contributed by atoms with van der Waals surface area (Å²) < 4.78 is 25.0. The zero-order valence-electron chi connectivity index (χ0n) is 11.4. The number of carbonyl (C=O) groups excluding carboxylic acids is 1. The third-order valence-corrected chi connectivity index (χ3v) is 4.18. The lowest BCUT2D eigenvalue weighted by Crippen LogP contribution is -2.37. The topological polar surface area (TPSA) is 108 Å². The Morgan fingerprint density at radius 1 is 1.38 bits per heavy atom. The number of sulfonamides is 1. The van der Waals surface area contributed by atoms with E-state index >= 15 is 0 Å². The fraction of sp³-hybridized carbons (Fsp3) is 0.417. The lowest BCUT2D eigenvalue weighted by molar-refractivity contribution is 0.0790. The SMILES string of the molecule is CS(=O)(=O)NC1CCN(C(=O)c2ccc3n[nH]nc3c2)C1. The summed E-state index contributed by atoms with van der Waals surface area (Å²) in [5, 5.41) is 10.4. The number of amides is 1. The maximum absolute atomic E-state index is 12.4. The van der Waals surface area contributed by atoms with Crippen molar-refractivity contribution in [3.8, 4) is 0 Å². The summed E-state index contributed by atoms with van der Waals surface area (Å²) in [6.45, 7) is 0.908. The molecular formula is C12H15N5O3S. The Labute approximate surface area is 121 Å². The third-order valence-electron chi connectivity index (χ3n) is 3.42. The van der Waals surface area contributed by atoms with Gasteiger partial charge in [-0.1, -0.05) is 0 Å². The Bertz CT molecular complexity index is 785. The Morgan fingerprint density at radius 3 is 2.90 bits per heavy atom. The number of nitrogens with zero attached hydrogens (tertiary/aromatic N) is 3. The Morgan fingerprint density at radius 2 is 2.14 bits per heavy atom. The second kappa shape index (κ2) is 5.08. The van der Waals surface area contributed by atoms with Crippen molar-refractivity contribution in [3.63, 3.8) is 0 Å². The van der Waals surface area contributed by atoms with E-state index in [1.54, 1.807) is 23.1 Å². The number of likely N-dealkylation sites (tertiary alicyclic amines) is 1. The predicted octanol–water partition coefficient (Wildman–Crippen LogP) is -0.278. The average molecular weight is 309 g/mol. The number of nitrogens with one attached hydrogen (secondary N) is 2. The van der Waals surface area contributed by atoms with Crippen LogP contribution in [-0.2, 0) is 10.0 Å². The molecule has 0 saturated carbocycles. The van der Waals surface area contributed by atoms with Crippen molar-refractivity contribution in [1.82, 2.24) is 25.0 Å². The first-order valence-electron chi connectivity index (χ1n) is 6.49. The maximum atomic E-state index is 12.4. The summed E-state index contributed by atoms with van der Waals surface area (Å²) >= 11 is 0. The molecule has 1 aliphatic heterocycles. The Hall–Kier alpha value is -2.00. The molecule has 2 heterocycles. The number of aromatic amines is 1. The summed E-state index contributed by atoms with van der Waals surface area (Å²) in [7, 11) is -3.25. The smallest absolute Gasteiger partial charge is 0.253 e. The van der Waals surface area contributed by atoms with Gasteiger partial charge in [-0.05, 0) is 24.6 Å². The maximum Gasteiger partial charge on any atom is 0.253 e. The van der Waals surface area contributed by atoms with Gasteiger partial charge in [-0.2, -0.15) is 15.4 Å². The van der Waals surface area contributed by atoms with Gasteiger partial charge in [-0.3, -0.25) is 4.79 Å². The van der Waals surface area contributed by atoms with Crippen LogP contribution in [0.2, 0.25) is 0 Å². The standard InChI is InChI=1S/C12H15N5O3S/c1-21(19,20)15-9-4-5-17(7-9)12(18)8-2-3-10-11(6-8)14-16-13-10/h2-3,6,9,15H,4-5,7H2,1H3,(H,13,14,16). The van der Waals surface area contributed by atoms with E-state index < -0.39 is 10.0 Å². The zero-order valence-corrected chi connectivity index (χ0v) is 12.2. The number of fused-ring (bicyclic) bond motifs is 1. The van der Waals surface area contributed by atoms with Crippen LogP contribution in [-0.4, -0.2) is 60.0 Å². The number of rotatable bonds is 3. The number of benzene rings is 1. The van der Waals surface area contributed by atoms with Crippen molar-refractivity contribution >= 4 is 27.0 Å². The highest BCUT2D eigenvalue weighted by molar-refractivity contribution is 7.88. The highest BCUT2D eigenvalue weighted by atomic mass is 32.2. The molecule has 8 nitrogen and oxygen atoms in total. The van der Waals surface area contributed by atoms with Crippen molar-refractivity contribution in [1.29, 1.82) is 0 Å². The average Bonchev–Trinajstić information content (AvgIpc) is 3.03. The highest BCUT2D eigenvalue weighted by Crippen LogP contribution is 2.17. The molecule has 0 spiro atoms. The van der Waals surface area contributed by atoms with Crippen LogP contribution in [0.25, 0.3) is 11.0 Å². The molecule has 1 atom stereocenters. The molecule has 1 amide bonds. The fourth-order valence-electron chi connectivity index (χ4n) is 2.50. The Balaban J connectivity index is 1.74. The van der Waals surface area contributed by atoms with Gasteiger partial charge in [0.1, 0.15) is 11.0 Å². The van der Waals surface area contributed by atoms with E-state index in [0.29, 0.717) is 36.1 Å². The summed E-state index contributed by atoms with van der Waals surface area (Å²) in [5.41, 5.74) is 1.85. The van der Waals surface area contributed by atoms with Crippen LogP contribution in [0, 0.1) is 0 Å². The normalized spacial score (nSPS) is 19.3. The molecule has 1 aromatic heterocycles. The molecule has 9 heteroatoms. The molecule has 0 aliphatic carbocycles. The van der Waals surface area contributed by atoms with Crippen molar-refractivity contribution < 1.29 is 13.2 Å². The van der Waals surface area contributed by atoms with E-state index in [2.05, 4.69) is 20.1 Å². The first-order chi connectivity index (χ1) is 9.92. The quantitative estimate of drug-likeness (QED) is 0.811. The lowest BCUT2D eigenvalue weighted by atomic mass is 10.2. The molecule has 1 unspecified atom stereocenters. The van der Waals surface area contributed by atoms with Crippen molar-refractivity contribution in [2.45, 2.75) is 12.5 Å². The highest BCUT2D eigenvalue weighted by Gasteiger charge is 2.28. The number of hydrogen-bond donors (Lipinski definition) is 2. The molecule has 21 heavy (non-hydrogen) atoms. The van der Waals surface area contributed by atoms with Gasteiger partial charge in [0.2, 0.25) is 10.0 Å². The second-order valence-corrected chi connectivity index (χ2v) is 6.93.